The molecule has 1 amide bonds. The molecule has 0 atom stereocenters. The summed E-state index contributed by atoms with van der Waals surface area (Å²) >= 11 is 0. The fourth-order valence-corrected chi connectivity index (χ4v) is 5.24. The summed E-state index contributed by atoms with van der Waals surface area (Å²) < 4.78 is 22.1. The van der Waals surface area contributed by atoms with Crippen LogP contribution in [0.4, 0.5) is 0 Å². The zero-order valence-corrected chi connectivity index (χ0v) is 13.4. The topological polar surface area (TPSA) is 63.2 Å². The first-order valence-corrected chi connectivity index (χ1v) is 8.76. The Morgan fingerprint density at radius 3 is 1.95 bits per heavy atom. The van der Waals surface area contributed by atoms with Crippen LogP contribution in [0.3, 0.4) is 0 Å². The van der Waals surface area contributed by atoms with Crippen LogP contribution in [0.25, 0.3) is 0 Å². The van der Waals surface area contributed by atoms with Gasteiger partial charge in [-0.05, 0) is 30.1 Å². The van der Waals surface area contributed by atoms with Gasteiger partial charge in [-0.2, -0.15) is 0 Å². The number of hydrogen-bond acceptors (Lipinski definition) is 3. The van der Waals surface area contributed by atoms with Gasteiger partial charge < -0.3 is 5.32 Å². The van der Waals surface area contributed by atoms with Crippen LogP contribution in [0.5, 0.6) is 0 Å². The van der Waals surface area contributed by atoms with Crippen molar-refractivity contribution in [2.75, 3.05) is 18.1 Å². The van der Waals surface area contributed by atoms with Crippen LogP contribution in [0.1, 0.15) is 41.0 Å². The van der Waals surface area contributed by atoms with E-state index in [0.717, 1.165) is 6.42 Å². The Labute approximate surface area is 116 Å². The van der Waals surface area contributed by atoms with Crippen LogP contribution in [0.15, 0.2) is 0 Å². The van der Waals surface area contributed by atoms with Crippen molar-refractivity contribution in [3.05, 3.63) is 0 Å². The Morgan fingerprint density at radius 2 is 1.58 bits per heavy atom. The number of carbonyl (C=O) groups excluding carboxylic acids is 1. The first-order valence-electron chi connectivity index (χ1n) is 6.94. The summed E-state index contributed by atoms with van der Waals surface area (Å²) in [6.45, 7) is 11.1. The van der Waals surface area contributed by atoms with E-state index < -0.39 is 9.84 Å². The normalized spacial score (nSPS) is 29.3. The minimum absolute atomic E-state index is 0.00386. The lowest BCUT2D eigenvalue weighted by atomic mass is 9.96. The van der Waals surface area contributed by atoms with E-state index in [0.29, 0.717) is 6.54 Å². The first-order chi connectivity index (χ1) is 8.46. The number of sulfone groups is 1. The van der Waals surface area contributed by atoms with Crippen LogP contribution >= 0.6 is 0 Å². The van der Waals surface area contributed by atoms with Crippen molar-refractivity contribution in [3.8, 4) is 0 Å². The number of carbonyl (C=O) groups is 1. The van der Waals surface area contributed by atoms with Crippen LogP contribution in [0.2, 0.25) is 0 Å². The molecule has 1 saturated carbocycles. The van der Waals surface area contributed by atoms with E-state index in [-0.39, 0.29) is 39.6 Å². The van der Waals surface area contributed by atoms with Crippen molar-refractivity contribution in [3.63, 3.8) is 0 Å². The standard InChI is InChI=1S/C14H25NO3S/c1-12(2)13(3,4)14(12,5)11(16)15-7-6-10-8-19(17,18)9-10/h10H,6-9H2,1-5H3,(H,15,16). The van der Waals surface area contributed by atoms with Gasteiger partial charge in [-0.25, -0.2) is 8.42 Å². The fourth-order valence-electron chi connectivity index (χ4n) is 3.56. The maximum Gasteiger partial charge on any atom is 0.227 e. The minimum Gasteiger partial charge on any atom is -0.356 e. The third-order valence-corrected chi connectivity index (χ3v) is 8.23. The van der Waals surface area contributed by atoms with Crippen molar-refractivity contribution in [2.45, 2.75) is 41.0 Å². The van der Waals surface area contributed by atoms with Crippen LogP contribution in [-0.4, -0.2) is 32.4 Å². The second kappa shape index (κ2) is 3.96. The first kappa shape index (κ1) is 14.8. The SMILES string of the molecule is CC1(C)C(C)(C)C1(C)C(=O)NCCC1CS(=O)(=O)C1. The summed E-state index contributed by atoms with van der Waals surface area (Å²) in [6.07, 6.45) is 0.766. The van der Waals surface area contributed by atoms with Gasteiger partial charge >= 0.3 is 0 Å². The Hall–Kier alpha value is -0.580. The van der Waals surface area contributed by atoms with E-state index in [1.165, 1.54) is 0 Å². The molecule has 4 nitrogen and oxygen atoms in total. The molecule has 2 aliphatic rings. The minimum atomic E-state index is -2.75. The fraction of sp³-hybridized carbons (Fsp3) is 0.929. The van der Waals surface area contributed by atoms with Crippen molar-refractivity contribution in [1.82, 2.24) is 5.32 Å². The van der Waals surface area contributed by atoms with Crippen molar-refractivity contribution >= 4 is 15.7 Å². The molecule has 5 heteroatoms. The summed E-state index contributed by atoms with van der Waals surface area (Å²) in [4.78, 5) is 12.3. The molecule has 1 saturated heterocycles. The number of amides is 1. The van der Waals surface area contributed by atoms with E-state index in [1.807, 2.05) is 6.92 Å². The zero-order valence-electron chi connectivity index (χ0n) is 12.5. The highest BCUT2D eigenvalue weighted by Crippen LogP contribution is 2.77. The number of nitrogens with one attached hydrogen (secondary N) is 1. The van der Waals surface area contributed by atoms with E-state index in [2.05, 4.69) is 33.0 Å². The molecule has 110 valence electrons. The van der Waals surface area contributed by atoms with E-state index in [1.54, 1.807) is 0 Å². The van der Waals surface area contributed by atoms with Gasteiger partial charge in [0.1, 0.15) is 0 Å². The van der Waals surface area contributed by atoms with E-state index in [4.69, 9.17) is 0 Å². The summed E-state index contributed by atoms with van der Waals surface area (Å²) in [7, 11) is -2.75. The molecular formula is C14H25NO3S. The Bertz CT molecular complexity index is 479. The highest BCUT2D eigenvalue weighted by atomic mass is 32.2. The Morgan fingerprint density at radius 1 is 1.11 bits per heavy atom. The summed E-state index contributed by atoms with van der Waals surface area (Å²) in [5.41, 5.74) is -0.320. The lowest BCUT2D eigenvalue weighted by Crippen LogP contribution is -2.40. The molecule has 0 unspecified atom stereocenters. The molecule has 1 aliphatic heterocycles. The van der Waals surface area contributed by atoms with Gasteiger partial charge in [0.05, 0.1) is 16.9 Å². The van der Waals surface area contributed by atoms with Gasteiger partial charge in [-0.1, -0.05) is 27.7 Å². The van der Waals surface area contributed by atoms with Gasteiger partial charge in [-0.15, -0.1) is 0 Å². The molecule has 0 spiro atoms. The monoisotopic (exact) mass is 287 g/mol. The zero-order chi connectivity index (χ0) is 14.7. The van der Waals surface area contributed by atoms with Crippen molar-refractivity contribution in [2.24, 2.45) is 22.2 Å². The van der Waals surface area contributed by atoms with Crippen molar-refractivity contribution in [1.29, 1.82) is 0 Å². The second-order valence-electron chi connectivity index (χ2n) is 7.36. The van der Waals surface area contributed by atoms with Crippen LogP contribution in [0, 0.1) is 22.2 Å². The summed E-state index contributed by atoms with van der Waals surface area (Å²) in [5, 5.41) is 2.99. The van der Waals surface area contributed by atoms with Crippen LogP contribution < -0.4 is 5.32 Å². The predicted molar refractivity (Wildman–Crippen MR) is 75.4 cm³/mol. The number of rotatable bonds is 4. The molecule has 2 rings (SSSR count). The second-order valence-corrected chi connectivity index (χ2v) is 9.52. The molecule has 0 aromatic heterocycles. The quantitative estimate of drug-likeness (QED) is 0.854. The van der Waals surface area contributed by atoms with Gasteiger partial charge in [0, 0.05) is 6.54 Å². The van der Waals surface area contributed by atoms with Crippen LogP contribution in [-0.2, 0) is 14.6 Å². The van der Waals surface area contributed by atoms with E-state index >= 15 is 0 Å². The predicted octanol–water partition coefficient (Wildman–Crippen LogP) is 1.61. The van der Waals surface area contributed by atoms with Gasteiger partial charge in [0.2, 0.25) is 5.91 Å². The van der Waals surface area contributed by atoms with Gasteiger partial charge in [-0.3, -0.25) is 4.79 Å². The number of hydrogen-bond donors (Lipinski definition) is 1. The average Bonchev–Trinajstić information content (AvgIpc) is 2.54. The Kier molecular flexibility index (Phi) is 3.09. The molecule has 0 aromatic carbocycles. The maximum atomic E-state index is 12.3. The molecule has 1 N–H and O–H groups in total. The van der Waals surface area contributed by atoms with E-state index in [9.17, 15) is 13.2 Å². The van der Waals surface area contributed by atoms with Gasteiger partial charge in [0.15, 0.2) is 9.84 Å². The highest BCUT2D eigenvalue weighted by Gasteiger charge is 2.77. The van der Waals surface area contributed by atoms with Gasteiger partial charge in [0.25, 0.3) is 0 Å². The largest absolute Gasteiger partial charge is 0.356 e. The Balaban J connectivity index is 1.81. The summed E-state index contributed by atoms with van der Waals surface area (Å²) in [6, 6.07) is 0. The molecule has 2 fully saturated rings. The molecule has 1 heterocycles. The highest BCUT2D eigenvalue weighted by molar-refractivity contribution is 7.92. The maximum absolute atomic E-state index is 12.3. The third kappa shape index (κ3) is 1.92. The molecule has 1 aliphatic carbocycles. The smallest absolute Gasteiger partial charge is 0.227 e. The average molecular weight is 287 g/mol. The molecule has 0 bridgehead atoms. The third-order valence-electron chi connectivity index (χ3n) is 6.27. The molecule has 0 radical (unpaired) electrons. The molecule has 19 heavy (non-hydrogen) atoms. The lowest BCUT2D eigenvalue weighted by Gasteiger charge is -2.26. The molecular weight excluding hydrogens is 262 g/mol. The lowest BCUT2D eigenvalue weighted by molar-refractivity contribution is -0.127. The van der Waals surface area contributed by atoms with Crippen molar-refractivity contribution < 1.29 is 13.2 Å². The summed E-state index contributed by atoms with van der Waals surface area (Å²) in [5.74, 6) is 0.914. The molecule has 0 aromatic rings.